The number of benzene rings is 1. The molecule has 0 fully saturated rings. The Morgan fingerprint density at radius 3 is 2.71 bits per heavy atom. The van der Waals surface area contributed by atoms with Gasteiger partial charge < -0.3 is 10.1 Å². The van der Waals surface area contributed by atoms with Crippen LogP contribution in [-0.2, 0) is 17.8 Å². The molecule has 0 aliphatic rings. The molecule has 0 saturated heterocycles. The Labute approximate surface area is 140 Å². The van der Waals surface area contributed by atoms with Gasteiger partial charge in [-0.25, -0.2) is 4.98 Å². The fraction of sp³-hybridized carbons (Fsp3) is 0.167. The Balaban J connectivity index is 1.46. The van der Waals surface area contributed by atoms with E-state index in [2.05, 4.69) is 15.4 Å². The van der Waals surface area contributed by atoms with E-state index in [0.717, 1.165) is 5.56 Å². The maximum absolute atomic E-state index is 12.0. The number of aromatic nitrogens is 3. The highest BCUT2D eigenvalue weighted by Gasteiger charge is 2.05. The highest BCUT2D eigenvalue weighted by molar-refractivity contribution is 5.91. The zero-order valence-electron chi connectivity index (χ0n) is 13.1. The molecule has 3 rings (SSSR count). The second-order valence-corrected chi connectivity index (χ2v) is 5.21. The average Bonchev–Trinajstić information content (AvgIpc) is 3.11. The molecule has 3 aromatic rings. The number of hydrogen-bond acceptors (Lipinski definition) is 4. The summed E-state index contributed by atoms with van der Waals surface area (Å²) in [5.74, 6) is 1.07. The van der Waals surface area contributed by atoms with Crippen molar-refractivity contribution in [3.05, 3.63) is 72.7 Å². The van der Waals surface area contributed by atoms with E-state index in [-0.39, 0.29) is 5.91 Å². The van der Waals surface area contributed by atoms with Crippen molar-refractivity contribution in [2.75, 3.05) is 11.9 Å². The molecule has 0 radical (unpaired) electrons. The standard InChI is InChI=1S/C18H18N4O2/c23-18(13-15-5-2-1-3-6-15)21-17-8-7-16(14-19-17)24-12-11-22-10-4-9-20-22/h1-10,14H,11-13H2,(H,19,21,23). The number of anilines is 1. The minimum absolute atomic E-state index is 0.0962. The highest BCUT2D eigenvalue weighted by atomic mass is 16.5. The molecule has 0 aliphatic carbocycles. The van der Waals surface area contributed by atoms with Gasteiger partial charge >= 0.3 is 0 Å². The lowest BCUT2D eigenvalue weighted by Crippen LogP contribution is -2.15. The summed E-state index contributed by atoms with van der Waals surface area (Å²) in [5, 5.41) is 6.88. The van der Waals surface area contributed by atoms with E-state index in [1.54, 1.807) is 29.2 Å². The molecule has 6 nitrogen and oxygen atoms in total. The summed E-state index contributed by atoms with van der Waals surface area (Å²) in [5.41, 5.74) is 0.966. The average molecular weight is 322 g/mol. The summed E-state index contributed by atoms with van der Waals surface area (Å²) in [6.45, 7) is 1.17. The molecule has 122 valence electrons. The lowest BCUT2D eigenvalue weighted by molar-refractivity contribution is -0.115. The number of ether oxygens (including phenoxy) is 1. The molecule has 2 aromatic heterocycles. The molecule has 0 spiro atoms. The summed E-state index contributed by atoms with van der Waals surface area (Å²) >= 11 is 0. The summed E-state index contributed by atoms with van der Waals surface area (Å²) < 4.78 is 7.40. The van der Waals surface area contributed by atoms with Crippen LogP contribution in [0.2, 0.25) is 0 Å². The number of rotatable bonds is 7. The lowest BCUT2D eigenvalue weighted by Gasteiger charge is -2.08. The molecule has 1 aromatic carbocycles. The van der Waals surface area contributed by atoms with Crippen LogP contribution in [0.25, 0.3) is 0 Å². The van der Waals surface area contributed by atoms with Crippen molar-refractivity contribution in [2.24, 2.45) is 0 Å². The molecule has 0 aliphatic heterocycles. The number of pyridine rings is 1. The molecular formula is C18H18N4O2. The van der Waals surface area contributed by atoms with E-state index in [9.17, 15) is 4.79 Å². The van der Waals surface area contributed by atoms with Crippen LogP contribution in [0.4, 0.5) is 5.82 Å². The van der Waals surface area contributed by atoms with Gasteiger partial charge in [0.1, 0.15) is 18.2 Å². The topological polar surface area (TPSA) is 69.0 Å². The first-order chi connectivity index (χ1) is 11.8. The van der Waals surface area contributed by atoms with E-state index in [1.165, 1.54) is 0 Å². The van der Waals surface area contributed by atoms with Gasteiger partial charge in [0.05, 0.1) is 19.2 Å². The molecule has 0 saturated carbocycles. The van der Waals surface area contributed by atoms with Gasteiger partial charge in [0, 0.05) is 12.4 Å². The first-order valence-corrected chi connectivity index (χ1v) is 7.70. The third-order valence-electron chi connectivity index (χ3n) is 3.36. The zero-order valence-corrected chi connectivity index (χ0v) is 13.1. The molecule has 24 heavy (non-hydrogen) atoms. The fourth-order valence-corrected chi connectivity index (χ4v) is 2.20. The number of nitrogens with zero attached hydrogens (tertiary/aromatic N) is 3. The van der Waals surface area contributed by atoms with Crippen LogP contribution in [0.5, 0.6) is 5.75 Å². The summed E-state index contributed by atoms with van der Waals surface area (Å²) in [7, 11) is 0. The smallest absolute Gasteiger partial charge is 0.229 e. The molecule has 0 bridgehead atoms. The van der Waals surface area contributed by atoms with E-state index in [4.69, 9.17) is 4.74 Å². The van der Waals surface area contributed by atoms with E-state index >= 15 is 0 Å². The van der Waals surface area contributed by atoms with Crippen molar-refractivity contribution in [1.82, 2.24) is 14.8 Å². The molecule has 1 amide bonds. The molecule has 6 heteroatoms. The van der Waals surface area contributed by atoms with Crippen LogP contribution >= 0.6 is 0 Å². The van der Waals surface area contributed by atoms with Gasteiger partial charge in [0.2, 0.25) is 5.91 Å². The fourth-order valence-electron chi connectivity index (χ4n) is 2.20. The Bertz CT molecular complexity index is 755. The molecule has 1 N–H and O–H groups in total. The van der Waals surface area contributed by atoms with Gasteiger partial charge in [-0.2, -0.15) is 5.10 Å². The minimum Gasteiger partial charge on any atom is -0.490 e. The maximum Gasteiger partial charge on any atom is 0.229 e. The van der Waals surface area contributed by atoms with E-state index in [0.29, 0.717) is 31.1 Å². The number of nitrogens with one attached hydrogen (secondary N) is 1. The Morgan fingerprint density at radius 1 is 1.12 bits per heavy atom. The predicted molar refractivity (Wildman–Crippen MR) is 90.7 cm³/mol. The van der Waals surface area contributed by atoms with Gasteiger partial charge in [-0.15, -0.1) is 0 Å². The van der Waals surface area contributed by atoms with E-state index in [1.807, 2.05) is 42.6 Å². The van der Waals surface area contributed by atoms with Crippen LogP contribution in [-0.4, -0.2) is 27.3 Å². The monoisotopic (exact) mass is 322 g/mol. The highest BCUT2D eigenvalue weighted by Crippen LogP contribution is 2.12. The SMILES string of the molecule is O=C(Cc1ccccc1)Nc1ccc(OCCn2cccn2)cn1. The van der Waals surface area contributed by atoms with Crippen LogP contribution in [0.3, 0.4) is 0 Å². The minimum atomic E-state index is -0.0962. The summed E-state index contributed by atoms with van der Waals surface area (Å²) in [6, 6.07) is 15.0. The first-order valence-electron chi connectivity index (χ1n) is 7.70. The quantitative estimate of drug-likeness (QED) is 0.726. The maximum atomic E-state index is 12.0. The van der Waals surface area contributed by atoms with Crippen LogP contribution in [0.1, 0.15) is 5.56 Å². The lowest BCUT2D eigenvalue weighted by atomic mass is 10.1. The Hall–Kier alpha value is -3.15. The normalized spacial score (nSPS) is 10.3. The van der Waals surface area contributed by atoms with Gasteiger partial charge in [0.15, 0.2) is 0 Å². The molecule has 2 heterocycles. The van der Waals surface area contributed by atoms with Crippen molar-refractivity contribution in [3.8, 4) is 5.75 Å². The number of amides is 1. The van der Waals surface area contributed by atoms with Crippen LogP contribution in [0, 0.1) is 0 Å². The van der Waals surface area contributed by atoms with Crippen molar-refractivity contribution in [1.29, 1.82) is 0 Å². The van der Waals surface area contributed by atoms with Crippen LogP contribution < -0.4 is 10.1 Å². The van der Waals surface area contributed by atoms with Crippen molar-refractivity contribution in [3.63, 3.8) is 0 Å². The molecule has 0 unspecified atom stereocenters. The number of hydrogen-bond donors (Lipinski definition) is 1. The largest absolute Gasteiger partial charge is 0.490 e. The van der Waals surface area contributed by atoms with Crippen molar-refractivity contribution < 1.29 is 9.53 Å². The zero-order chi connectivity index (χ0) is 16.6. The van der Waals surface area contributed by atoms with Gasteiger partial charge in [-0.05, 0) is 23.8 Å². The third kappa shape index (κ3) is 4.67. The van der Waals surface area contributed by atoms with Crippen molar-refractivity contribution >= 4 is 11.7 Å². The summed E-state index contributed by atoms with van der Waals surface area (Å²) in [6.07, 6.45) is 5.54. The number of carbonyl (C=O) groups is 1. The first kappa shape index (κ1) is 15.7. The third-order valence-corrected chi connectivity index (χ3v) is 3.36. The second-order valence-electron chi connectivity index (χ2n) is 5.21. The van der Waals surface area contributed by atoms with Crippen molar-refractivity contribution in [2.45, 2.75) is 13.0 Å². The van der Waals surface area contributed by atoms with Gasteiger partial charge in [0.25, 0.3) is 0 Å². The molecular weight excluding hydrogens is 304 g/mol. The van der Waals surface area contributed by atoms with Gasteiger partial charge in [-0.1, -0.05) is 30.3 Å². The number of carbonyl (C=O) groups excluding carboxylic acids is 1. The Kier molecular flexibility index (Phi) is 5.19. The van der Waals surface area contributed by atoms with E-state index < -0.39 is 0 Å². The summed E-state index contributed by atoms with van der Waals surface area (Å²) in [4.78, 5) is 16.2. The predicted octanol–water partition coefficient (Wildman–Crippen LogP) is 2.54. The Morgan fingerprint density at radius 2 is 2.00 bits per heavy atom. The molecule has 0 atom stereocenters. The van der Waals surface area contributed by atoms with Crippen LogP contribution in [0.15, 0.2) is 67.1 Å². The van der Waals surface area contributed by atoms with Gasteiger partial charge in [-0.3, -0.25) is 9.48 Å². The second kappa shape index (κ2) is 7.92.